The smallest absolute Gasteiger partial charge is 0.271 e. The van der Waals surface area contributed by atoms with Gasteiger partial charge in [-0.25, -0.2) is 0 Å². The van der Waals surface area contributed by atoms with Crippen LogP contribution in [0.2, 0.25) is 0 Å². The van der Waals surface area contributed by atoms with Crippen molar-refractivity contribution >= 4 is 11.4 Å². The second-order valence-corrected chi connectivity index (χ2v) is 5.20. The highest BCUT2D eigenvalue weighted by atomic mass is 16.6. The van der Waals surface area contributed by atoms with Crippen molar-refractivity contribution in [2.45, 2.75) is 18.9 Å². The molecule has 18 heavy (non-hydrogen) atoms. The normalized spacial score (nSPS) is 30.1. The third-order valence-electron chi connectivity index (χ3n) is 4.07. The van der Waals surface area contributed by atoms with Gasteiger partial charge in [0, 0.05) is 30.4 Å². The third-order valence-corrected chi connectivity index (χ3v) is 4.07. The Kier molecular flexibility index (Phi) is 2.91. The van der Waals surface area contributed by atoms with Crippen LogP contribution in [0.1, 0.15) is 12.8 Å². The van der Waals surface area contributed by atoms with Crippen molar-refractivity contribution in [3.63, 3.8) is 0 Å². The maximum absolute atomic E-state index is 10.7. The molecule has 0 amide bonds. The SMILES string of the molecule is O=[N+]([O-])c1cccc(NC2CN3CCC2CC3)c1. The van der Waals surface area contributed by atoms with Crippen LogP contribution in [0.5, 0.6) is 0 Å². The number of non-ortho nitro benzene ring substituents is 1. The highest BCUT2D eigenvalue weighted by Gasteiger charge is 2.33. The van der Waals surface area contributed by atoms with Crippen molar-refractivity contribution in [1.29, 1.82) is 0 Å². The van der Waals surface area contributed by atoms with Crippen LogP contribution in [0, 0.1) is 16.0 Å². The molecule has 3 saturated heterocycles. The maximum atomic E-state index is 10.7. The van der Waals surface area contributed by atoms with Crippen LogP contribution in [-0.4, -0.2) is 35.5 Å². The zero-order valence-electron chi connectivity index (χ0n) is 10.2. The van der Waals surface area contributed by atoms with Gasteiger partial charge in [0.1, 0.15) is 0 Å². The molecule has 3 aliphatic heterocycles. The summed E-state index contributed by atoms with van der Waals surface area (Å²) in [4.78, 5) is 12.9. The molecule has 3 heterocycles. The number of nitro groups is 1. The Morgan fingerprint density at radius 3 is 2.72 bits per heavy atom. The van der Waals surface area contributed by atoms with Gasteiger partial charge in [-0.3, -0.25) is 10.1 Å². The lowest BCUT2D eigenvalue weighted by atomic mass is 9.84. The lowest BCUT2D eigenvalue weighted by Crippen LogP contribution is -2.53. The van der Waals surface area contributed by atoms with Crippen LogP contribution in [0.15, 0.2) is 24.3 Å². The molecule has 0 spiro atoms. The first-order valence-electron chi connectivity index (χ1n) is 6.46. The average Bonchev–Trinajstić information content (AvgIpc) is 2.40. The van der Waals surface area contributed by atoms with Crippen molar-refractivity contribution in [2.24, 2.45) is 5.92 Å². The quantitative estimate of drug-likeness (QED) is 0.656. The number of benzene rings is 1. The minimum Gasteiger partial charge on any atom is -0.381 e. The first-order chi connectivity index (χ1) is 8.72. The standard InChI is InChI=1S/C13H17N3O2/c17-16(18)12-3-1-2-11(8-12)14-13-9-15-6-4-10(13)5-7-15/h1-3,8,10,13-14H,4-7,9H2. The molecule has 3 fully saturated rings. The lowest BCUT2D eigenvalue weighted by molar-refractivity contribution is -0.384. The van der Waals surface area contributed by atoms with Crippen LogP contribution in [0.3, 0.4) is 0 Å². The molecule has 0 aromatic heterocycles. The number of nitrogens with one attached hydrogen (secondary N) is 1. The Morgan fingerprint density at radius 1 is 1.33 bits per heavy atom. The summed E-state index contributed by atoms with van der Waals surface area (Å²) in [6.07, 6.45) is 2.49. The Balaban J connectivity index is 1.72. The number of rotatable bonds is 3. The summed E-state index contributed by atoms with van der Waals surface area (Å²) in [5.41, 5.74) is 1.02. The number of hydrogen-bond acceptors (Lipinski definition) is 4. The molecule has 1 unspecified atom stereocenters. The highest BCUT2D eigenvalue weighted by molar-refractivity contribution is 5.51. The van der Waals surface area contributed by atoms with Crippen molar-refractivity contribution in [2.75, 3.05) is 25.0 Å². The second kappa shape index (κ2) is 4.57. The van der Waals surface area contributed by atoms with Crippen LogP contribution >= 0.6 is 0 Å². The molecule has 1 N–H and O–H groups in total. The van der Waals surface area contributed by atoms with Crippen molar-refractivity contribution < 1.29 is 4.92 Å². The van der Waals surface area contributed by atoms with E-state index in [4.69, 9.17) is 0 Å². The van der Waals surface area contributed by atoms with E-state index in [-0.39, 0.29) is 10.6 Å². The highest BCUT2D eigenvalue weighted by Crippen LogP contribution is 2.30. The molecule has 5 heteroatoms. The van der Waals surface area contributed by atoms with E-state index in [1.807, 2.05) is 6.07 Å². The molecule has 3 aliphatic rings. The van der Waals surface area contributed by atoms with Crippen molar-refractivity contribution in [3.8, 4) is 0 Å². The Hall–Kier alpha value is -1.62. The number of anilines is 1. The first kappa shape index (κ1) is 11.5. The van der Waals surface area contributed by atoms with Gasteiger partial charge < -0.3 is 10.2 Å². The zero-order chi connectivity index (χ0) is 12.5. The van der Waals surface area contributed by atoms with Crippen LogP contribution in [-0.2, 0) is 0 Å². The van der Waals surface area contributed by atoms with Gasteiger partial charge in [0.15, 0.2) is 0 Å². The Labute approximate surface area is 106 Å². The molecule has 5 nitrogen and oxygen atoms in total. The van der Waals surface area contributed by atoms with Gasteiger partial charge in [0.2, 0.25) is 0 Å². The van der Waals surface area contributed by atoms with Crippen LogP contribution < -0.4 is 5.32 Å². The number of nitro benzene ring substituents is 1. The summed E-state index contributed by atoms with van der Waals surface area (Å²) in [5.74, 6) is 0.717. The van der Waals surface area contributed by atoms with E-state index in [1.54, 1.807) is 12.1 Å². The predicted octanol–water partition coefficient (Wildman–Crippen LogP) is 2.10. The summed E-state index contributed by atoms with van der Waals surface area (Å²) in [5, 5.41) is 14.2. The van der Waals surface area contributed by atoms with Gasteiger partial charge >= 0.3 is 0 Å². The van der Waals surface area contributed by atoms with E-state index in [9.17, 15) is 10.1 Å². The maximum Gasteiger partial charge on any atom is 0.271 e. The van der Waals surface area contributed by atoms with E-state index in [0.717, 1.165) is 12.2 Å². The molecule has 1 aromatic carbocycles. The summed E-state index contributed by atoms with van der Waals surface area (Å²) < 4.78 is 0. The molecule has 1 atom stereocenters. The minimum absolute atomic E-state index is 0.154. The topological polar surface area (TPSA) is 58.4 Å². The molecule has 2 bridgehead atoms. The fourth-order valence-corrected chi connectivity index (χ4v) is 3.05. The van der Waals surface area contributed by atoms with E-state index in [2.05, 4.69) is 10.2 Å². The number of piperidine rings is 3. The van der Waals surface area contributed by atoms with Gasteiger partial charge in [-0.1, -0.05) is 6.07 Å². The number of fused-ring (bicyclic) bond motifs is 3. The van der Waals surface area contributed by atoms with E-state index in [0.29, 0.717) is 12.0 Å². The van der Waals surface area contributed by atoms with E-state index >= 15 is 0 Å². The monoisotopic (exact) mass is 247 g/mol. The first-order valence-corrected chi connectivity index (χ1v) is 6.46. The summed E-state index contributed by atoms with van der Waals surface area (Å²) in [6, 6.07) is 7.24. The molecule has 1 aromatic rings. The Morgan fingerprint density at radius 2 is 2.11 bits per heavy atom. The fourth-order valence-electron chi connectivity index (χ4n) is 3.05. The molecule has 0 aliphatic carbocycles. The molecule has 0 radical (unpaired) electrons. The van der Waals surface area contributed by atoms with Gasteiger partial charge in [0.25, 0.3) is 5.69 Å². The summed E-state index contributed by atoms with van der Waals surface area (Å²) in [6.45, 7) is 3.48. The molecule has 96 valence electrons. The predicted molar refractivity (Wildman–Crippen MR) is 69.7 cm³/mol. The van der Waals surface area contributed by atoms with Gasteiger partial charge in [0.05, 0.1) is 4.92 Å². The van der Waals surface area contributed by atoms with Crippen LogP contribution in [0.4, 0.5) is 11.4 Å². The zero-order valence-corrected chi connectivity index (χ0v) is 10.2. The lowest BCUT2D eigenvalue weighted by Gasteiger charge is -2.45. The van der Waals surface area contributed by atoms with Gasteiger partial charge in [-0.2, -0.15) is 0 Å². The molecular formula is C13H17N3O2. The van der Waals surface area contributed by atoms with Gasteiger partial charge in [-0.15, -0.1) is 0 Å². The number of hydrogen-bond donors (Lipinski definition) is 1. The Bertz CT molecular complexity index is 455. The number of nitrogens with zero attached hydrogens (tertiary/aromatic N) is 2. The van der Waals surface area contributed by atoms with Crippen molar-refractivity contribution in [1.82, 2.24) is 4.90 Å². The molecular weight excluding hydrogens is 230 g/mol. The fraction of sp³-hybridized carbons (Fsp3) is 0.538. The minimum atomic E-state index is -0.346. The summed E-state index contributed by atoms with van der Waals surface area (Å²) >= 11 is 0. The molecule has 0 saturated carbocycles. The van der Waals surface area contributed by atoms with Gasteiger partial charge in [-0.05, 0) is 37.9 Å². The van der Waals surface area contributed by atoms with E-state index < -0.39 is 0 Å². The second-order valence-electron chi connectivity index (χ2n) is 5.20. The van der Waals surface area contributed by atoms with E-state index in [1.165, 1.54) is 32.0 Å². The average molecular weight is 247 g/mol. The summed E-state index contributed by atoms with van der Waals surface area (Å²) in [7, 11) is 0. The third kappa shape index (κ3) is 2.18. The van der Waals surface area contributed by atoms with Crippen molar-refractivity contribution in [3.05, 3.63) is 34.4 Å². The molecule has 4 rings (SSSR count). The van der Waals surface area contributed by atoms with Crippen LogP contribution in [0.25, 0.3) is 0 Å². The largest absolute Gasteiger partial charge is 0.381 e.